The number of fused-ring (bicyclic) bond motifs is 3. The Morgan fingerprint density at radius 2 is 2.16 bits per heavy atom. The van der Waals surface area contributed by atoms with Crippen molar-refractivity contribution in [1.82, 2.24) is 0 Å². The van der Waals surface area contributed by atoms with Crippen LogP contribution in [0.3, 0.4) is 0 Å². The van der Waals surface area contributed by atoms with E-state index in [9.17, 15) is 9.90 Å². The van der Waals surface area contributed by atoms with Crippen molar-refractivity contribution in [2.75, 3.05) is 7.11 Å². The first-order valence-corrected chi connectivity index (χ1v) is 7.03. The first kappa shape index (κ1) is 12.7. The summed E-state index contributed by atoms with van der Waals surface area (Å²) in [6.45, 7) is 0. The van der Waals surface area contributed by atoms with Crippen LogP contribution in [0.15, 0.2) is 24.3 Å². The van der Waals surface area contributed by atoms with Crippen LogP contribution < -0.4 is 0 Å². The molecule has 3 nitrogen and oxygen atoms in total. The van der Waals surface area contributed by atoms with Gasteiger partial charge in [0.15, 0.2) is 0 Å². The molecular weight excluding hydrogens is 240 g/mol. The molecule has 0 aromatic heterocycles. The fourth-order valence-corrected chi connectivity index (χ4v) is 3.98. The molecule has 0 radical (unpaired) electrons. The molecule has 0 amide bonds. The lowest BCUT2D eigenvalue weighted by atomic mass is 9.69. The van der Waals surface area contributed by atoms with E-state index in [4.69, 9.17) is 4.74 Å². The summed E-state index contributed by atoms with van der Waals surface area (Å²) in [7, 11) is 1.41. The highest BCUT2D eigenvalue weighted by atomic mass is 16.5. The van der Waals surface area contributed by atoms with Crippen molar-refractivity contribution in [3.8, 4) is 0 Å². The van der Waals surface area contributed by atoms with Crippen LogP contribution in [0, 0.1) is 11.8 Å². The molecule has 2 aliphatic rings. The summed E-state index contributed by atoms with van der Waals surface area (Å²) < 4.78 is 4.77. The first-order valence-electron chi connectivity index (χ1n) is 7.03. The van der Waals surface area contributed by atoms with Crippen molar-refractivity contribution in [3.63, 3.8) is 0 Å². The van der Waals surface area contributed by atoms with Crippen LogP contribution in [0.1, 0.15) is 36.8 Å². The highest BCUT2D eigenvalue weighted by Crippen LogP contribution is 2.54. The molecule has 0 heterocycles. The van der Waals surface area contributed by atoms with Gasteiger partial charge in [0.25, 0.3) is 0 Å². The highest BCUT2D eigenvalue weighted by molar-refractivity contribution is 5.69. The van der Waals surface area contributed by atoms with E-state index in [0.717, 1.165) is 31.2 Å². The van der Waals surface area contributed by atoms with Crippen LogP contribution in [0.2, 0.25) is 0 Å². The van der Waals surface area contributed by atoms with Gasteiger partial charge >= 0.3 is 5.97 Å². The molecule has 3 atom stereocenters. The minimum Gasteiger partial charge on any atom is -0.469 e. The molecule has 2 aliphatic carbocycles. The zero-order chi connectivity index (χ0) is 13.5. The van der Waals surface area contributed by atoms with Crippen LogP contribution in [0.4, 0.5) is 0 Å². The number of esters is 1. The number of hydrogen-bond acceptors (Lipinski definition) is 3. The SMILES string of the molecule is COC(=O)C[C@H]1CC[C@@H]2CCc3ccccc3[C@]21O. The number of benzene rings is 1. The minimum atomic E-state index is -0.830. The van der Waals surface area contributed by atoms with Gasteiger partial charge in [0.2, 0.25) is 0 Å². The van der Waals surface area contributed by atoms with E-state index in [2.05, 4.69) is 6.07 Å². The summed E-state index contributed by atoms with van der Waals surface area (Å²) in [6, 6.07) is 8.12. The quantitative estimate of drug-likeness (QED) is 0.831. The Labute approximate surface area is 113 Å². The smallest absolute Gasteiger partial charge is 0.305 e. The Morgan fingerprint density at radius 1 is 1.37 bits per heavy atom. The van der Waals surface area contributed by atoms with Gasteiger partial charge in [0.05, 0.1) is 19.1 Å². The van der Waals surface area contributed by atoms with Crippen molar-refractivity contribution in [2.45, 2.75) is 37.7 Å². The maximum atomic E-state index is 11.6. The number of carbonyl (C=O) groups is 1. The maximum absolute atomic E-state index is 11.6. The minimum absolute atomic E-state index is 0.00796. The second-order valence-corrected chi connectivity index (χ2v) is 5.77. The van der Waals surface area contributed by atoms with E-state index < -0.39 is 5.60 Å². The van der Waals surface area contributed by atoms with Crippen molar-refractivity contribution in [1.29, 1.82) is 0 Å². The molecule has 0 unspecified atom stereocenters. The molecule has 3 heteroatoms. The van der Waals surface area contributed by atoms with Gasteiger partial charge in [-0.15, -0.1) is 0 Å². The Kier molecular flexibility index (Phi) is 3.09. The Balaban J connectivity index is 1.98. The Morgan fingerprint density at radius 3 is 2.95 bits per heavy atom. The van der Waals surface area contributed by atoms with Crippen LogP contribution in [0.25, 0.3) is 0 Å². The van der Waals surface area contributed by atoms with Gasteiger partial charge in [0, 0.05) is 5.92 Å². The van der Waals surface area contributed by atoms with E-state index in [-0.39, 0.29) is 17.8 Å². The number of aliphatic hydroxyl groups is 1. The van der Waals surface area contributed by atoms with Crippen molar-refractivity contribution >= 4 is 5.97 Å². The average Bonchev–Trinajstić information content (AvgIpc) is 2.76. The van der Waals surface area contributed by atoms with E-state index >= 15 is 0 Å². The molecular formula is C16H20O3. The topological polar surface area (TPSA) is 46.5 Å². The molecule has 0 saturated heterocycles. The van der Waals surface area contributed by atoms with Crippen LogP contribution >= 0.6 is 0 Å². The molecule has 1 N–H and O–H groups in total. The van der Waals surface area contributed by atoms with E-state index in [1.54, 1.807) is 0 Å². The summed E-state index contributed by atoms with van der Waals surface area (Å²) in [5, 5.41) is 11.3. The molecule has 3 rings (SSSR count). The van der Waals surface area contributed by atoms with Gasteiger partial charge in [-0.1, -0.05) is 24.3 Å². The van der Waals surface area contributed by atoms with E-state index in [0.29, 0.717) is 6.42 Å². The van der Waals surface area contributed by atoms with E-state index in [1.807, 2.05) is 18.2 Å². The second kappa shape index (κ2) is 4.64. The lowest BCUT2D eigenvalue weighted by Crippen LogP contribution is -2.41. The molecule has 19 heavy (non-hydrogen) atoms. The largest absolute Gasteiger partial charge is 0.469 e. The van der Waals surface area contributed by atoms with Crippen LogP contribution in [0.5, 0.6) is 0 Å². The fraction of sp³-hybridized carbons (Fsp3) is 0.562. The molecule has 102 valence electrons. The summed E-state index contributed by atoms with van der Waals surface area (Å²) in [5.41, 5.74) is 1.44. The van der Waals surface area contributed by atoms with Gasteiger partial charge in [-0.05, 0) is 42.7 Å². The van der Waals surface area contributed by atoms with Crippen molar-refractivity contribution in [3.05, 3.63) is 35.4 Å². The molecule has 1 fully saturated rings. The molecule has 0 bridgehead atoms. The molecule has 1 aromatic carbocycles. The highest BCUT2D eigenvalue weighted by Gasteiger charge is 2.52. The maximum Gasteiger partial charge on any atom is 0.305 e. The molecule has 0 spiro atoms. The Hall–Kier alpha value is -1.35. The number of ether oxygens (including phenoxy) is 1. The average molecular weight is 260 g/mol. The predicted molar refractivity (Wildman–Crippen MR) is 71.5 cm³/mol. The third kappa shape index (κ3) is 1.88. The van der Waals surface area contributed by atoms with E-state index in [1.165, 1.54) is 12.7 Å². The van der Waals surface area contributed by atoms with Crippen LogP contribution in [-0.4, -0.2) is 18.2 Å². The summed E-state index contributed by atoms with van der Waals surface area (Å²) >= 11 is 0. The summed E-state index contributed by atoms with van der Waals surface area (Å²) in [4.78, 5) is 11.6. The van der Waals surface area contributed by atoms with Gasteiger partial charge < -0.3 is 9.84 Å². The zero-order valence-electron chi connectivity index (χ0n) is 11.3. The third-order valence-corrected chi connectivity index (χ3v) is 4.96. The number of carbonyl (C=O) groups excluding carboxylic acids is 1. The lowest BCUT2D eigenvalue weighted by molar-refractivity contribution is -0.145. The van der Waals surface area contributed by atoms with Crippen molar-refractivity contribution < 1.29 is 14.6 Å². The van der Waals surface area contributed by atoms with Gasteiger partial charge in [0.1, 0.15) is 0 Å². The first-order chi connectivity index (χ1) is 9.16. The summed E-state index contributed by atoms with van der Waals surface area (Å²) in [6.07, 6.45) is 4.29. The fourth-order valence-electron chi connectivity index (χ4n) is 3.98. The molecule has 1 saturated carbocycles. The number of hydrogen-bond donors (Lipinski definition) is 1. The molecule has 1 aromatic rings. The Bertz CT molecular complexity index is 497. The number of rotatable bonds is 2. The third-order valence-electron chi connectivity index (χ3n) is 4.96. The van der Waals surface area contributed by atoms with Gasteiger partial charge in [-0.3, -0.25) is 4.79 Å². The van der Waals surface area contributed by atoms with Gasteiger partial charge in [-0.2, -0.15) is 0 Å². The summed E-state index contributed by atoms with van der Waals surface area (Å²) in [5.74, 6) is 0.0607. The number of aryl methyl sites for hydroxylation is 1. The van der Waals surface area contributed by atoms with Crippen molar-refractivity contribution in [2.24, 2.45) is 11.8 Å². The van der Waals surface area contributed by atoms with Crippen LogP contribution in [-0.2, 0) is 21.6 Å². The zero-order valence-corrected chi connectivity index (χ0v) is 11.3. The lowest BCUT2D eigenvalue weighted by Gasteiger charge is -2.40. The monoisotopic (exact) mass is 260 g/mol. The molecule has 0 aliphatic heterocycles. The predicted octanol–water partition coefficient (Wildman–Crippen LogP) is 2.41. The normalized spacial score (nSPS) is 32.5. The second-order valence-electron chi connectivity index (χ2n) is 5.77. The number of methoxy groups -OCH3 is 1. The standard InChI is InChI=1S/C16H20O3/c1-19-15(17)10-13-9-8-12-7-6-11-4-2-3-5-14(11)16(12,13)18/h2-5,12-13,18H,6-10H2,1H3/t12-,13+,16-/m0/s1. The van der Waals surface area contributed by atoms with Gasteiger partial charge in [-0.25, -0.2) is 0 Å².